The van der Waals surface area contributed by atoms with E-state index >= 15 is 0 Å². The van der Waals surface area contributed by atoms with Crippen molar-refractivity contribution in [2.45, 2.75) is 55.9 Å². The Bertz CT molecular complexity index is 997. The van der Waals surface area contributed by atoms with Gasteiger partial charge in [-0.1, -0.05) is 52.0 Å². The van der Waals surface area contributed by atoms with Gasteiger partial charge in [0.15, 0.2) is 0 Å². The molecule has 28 heavy (non-hydrogen) atoms. The Morgan fingerprint density at radius 3 is 1.71 bits per heavy atom. The van der Waals surface area contributed by atoms with Crippen LogP contribution in [0.4, 0.5) is 0 Å². The normalized spacial score (nSPS) is 14.8. The third-order valence-corrected chi connectivity index (χ3v) is 7.27. The molecule has 0 aliphatic heterocycles. The number of nitrogens with two attached hydrogens (primary N) is 1. The summed E-state index contributed by atoms with van der Waals surface area (Å²) in [5.74, 6) is 0.466. The maximum Gasteiger partial charge on any atom is 0.241 e. The van der Waals surface area contributed by atoms with Gasteiger partial charge in [-0.25, -0.2) is 26.7 Å². The predicted octanol–water partition coefficient (Wildman–Crippen LogP) is 3.52. The molecule has 0 aliphatic carbocycles. The highest BCUT2D eigenvalue weighted by Crippen LogP contribution is 2.27. The van der Waals surface area contributed by atoms with E-state index in [1.54, 1.807) is 0 Å². The van der Waals surface area contributed by atoms with Crippen LogP contribution in [0.5, 0.6) is 0 Å². The van der Waals surface area contributed by atoms with Gasteiger partial charge in [0.25, 0.3) is 0 Å². The monoisotopic (exact) mass is 424 g/mol. The predicted molar refractivity (Wildman–Crippen MR) is 111 cm³/mol. The first-order valence-electron chi connectivity index (χ1n) is 9.20. The molecule has 0 heterocycles. The van der Waals surface area contributed by atoms with E-state index in [1.807, 2.05) is 38.1 Å². The van der Waals surface area contributed by atoms with Crippen LogP contribution >= 0.6 is 0 Å². The van der Waals surface area contributed by atoms with Crippen molar-refractivity contribution >= 4 is 20.0 Å². The van der Waals surface area contributed by atoms with E-state index in [2.05, 4.69) is 18.6 Å². The first-order chi connectivity index (χ1) is 13.0. The zero-order valence-corrected chi connectivity index (χ0v) is 18.2. The minimum Gasteiger partial charge on any atom is -0.225 e. The highest BCUT2D eigenvalue weighted by molar-refractivity contribution is 7.89. The summed E-state index contributed by atoms with van der Waals surface area (Å²) in [6.07, 6.45) is 1.04. The summed E-state index contributed by atoms with van der Waals surface area (Å²) in [7, 11) is -7.70. The molecule has 0 saturated heterocycles. The highest BCUT2D eigenvalue weighted by Gasteiger charge is 2.24. The van der Waals surface area contributed by atoms with Gasteiger partial charge >= 0.3 is 0 Å². The van der Waals surface area contributed by atoms with Crippen molar-refractivity contribution in [1.82, 2.24) is 4.72 Å². The fourth-order valence-electron chi connectivity index (χ4n) is 2.90. The lowest BCUT2D eigenvalue weighted by Gasteiger charge is -2.23. The van der Waals surface area contributed by atoms with Crippen LogP contribution in [0, 0.1) is 5.92 Å². The van der Waals surface area contributed by atoms with E-state index in [-0.39, 0.29) is 15.7 Å². The molecule has 0 saturated carbocycles. The summed E-state index contributed by atoms with van der Waals surface area (Å²) in [5, 5.41) is 5.06. The van der Waals surface area contributed by atoms with E-state index in [4.69, 9.17) is 5.14 Å². The third kappa shape index (κ3) is 5.41. The molecule has 0 spiro atoms. The lowest BCUT2D eigenvalue weighted by molar-refractivity contribution is 0.463. The van der Waals surface area contributed by atoms with Crippen LogP contribution in [0.2, 0.25) is 0 Å². The van der Waals surface area contributed by atoms with E-state index < -0.39 is 26.1 Å². The Labute approximate surface area is 168 Å². The molecule has 2 rings (SSSR count). The molecule has 0 radical (unpaired) electrons. The van der Waals surface area contributed by atoms with Gasteiger partial charge in [-0.2, -0.15) is 0 Å². The molecule has 0 bridgehead atoms. The molecule has 2 unspecified atom stereocenters. The number of sulfonamides is 2. The Hall–Kier alpha value is -1.74. The molecule has 2 aromatic carbocycles. The Morgan fingerprint density at radius 1 is 0.821 bits per heavy atom. The first-order valence-corrected chi connectivity index (χ1v) is 12.2. The summed E-state index contributed by atoms with van der Waals surface area (Å²) in [6, 6.07) is 12.4. The number of benzene rings is 2. The fraction of sp³-hybridized carbons (Fsp3) is 0.400. The molecule has 8 heteroatoms. The van der Waals surface area contributed by atoms with Crippen molar-refractivity contribution in [2.75, 3.05) is 0 Å². The van der Waals surface area contributed by atoms with Gasteiger partial charge in [0, 0.05) is 6.04 Å². The largest absolute Gasteiger partial charge is 0.241 e. The van der Waals surface area contributed by atoms with Gasteiger partial charge < -0.3 is 0 Å². The Kier molecular flexibility index (Phi) is 7.03. The van der Waals surface area contributed by atoms with Crippen LogP contribution in [-0.2, 0) is 20.0 Å². The van der Waals surface area contributed by atoms with Crippen LogP contribution in [-0.4, -0.2) is 16.8 Å². The summed E-state index contributed by atoms with van der Waals surface area (Å²) >= 11 is 0. The molecular formula is C20H28N2O4S2. The standard InChI is InChI=1S/C20H28N2O4S2/c1-5-15(4)16-6-8-17(9-7-16)20(14(2)3)22-28(25,26)19-12-10-18(11-13-19)27(21,23)24/h6-15,20,22H,5H2,1-4H3,(H2,21,23,24). The lowest BCUT2D eigenvalue weighted by atomic mass is 9.93. The molecular weight excluding hydrogens is 396 g/mol. The number of hydrogen-bond donors (Lipinski definition) is 2. The third-order valence-electron chi connectivity index (χ3n) is 4.89. The van der Waals surface area contributed by atoms with Crippen molar-refractivity contribution in [3.63, 3.8) is 0 Å². The van der Waals surface area contributed by atoms with Gasteiger partial charge in [-0.05, 0) is 53.6 Å². The van der Waals surface area contributed by atoms with E-state index in [0.717, 1.165) is 12.0 Å². The smallest absolute Gasteiger partial charge is 0.225 e. The molecule has 0 fully saturated rings. The quantitative estimate of drug-likeness (QED) is 0.676. The maximum atomic E-state index is 12.8. The summed E-state index contributed by atoms with van der Waals surface area (Å²) < 4.78 is 51.1. The first kappa shape index (κ1) is 22.5. The van der Waals surface area contributed by atoms with Crippen molar-refractivity contribution in [1.29, 1.82) is 0 Å². The van der Waals surface area contributed by atoms with Gasteiger partial charge in [0.1, 0.15) is 0 Å². The molecule has 2 atom stereocenters. The molecule has 3 N–H and O–H groups in total. The second-order valence-electron chi connectivity index (χ2n) is 7.34. The van der Waals surface area contributed by atoms with Crippen LogP contribution in [0.15, 0.2) is 58.3 Å². The lowest BCUT2D eigenvalue weighted by Crippen LogP contribution is -2.31. The number of primary sulfonamides is 1. The van der Waals surface area contributed by atoms with Gasteiger partial charge in [0.2, 0.25) is 20.0 Å². The second kappa shape index (κ2) is 8.73. The zero-order valence-electron chi connectivity index (χ0n) is 16.6. The van der Waals surface area contributed by atoms with E-state index in [0.29, 0.717) is 5.92 Å². The SMILES string of the molecule is CCC(C)c1ccc(C(NS(=O)(=O)c2ccc(S(N)(=O)=O)cc2)C(C)C)cc1. The summed E-state index contributed by atoms with van der Waals surface area (Å²) in [6.45, 7) is 8.17. The number of rotatable bonds is 8. The zero-order chi connectivity index (χ0) is 21.1. The van der Waals surface area contributed by atoms with Crippen molar-refractivity contribution in [3.8, 4) is 0 Å². The minimum absolute atomic E-state index is 0.0122. The molecule has 154 valence electrons. The van der Waals surface area contributed by atoms with Crippen molar-refractivity contribution in [3.05, 3.63) is 59.7 Å². The van der Waals surface area contributed by atoms with Gasteiger partial charge in [-0.15, -0.1) is 0 Å². The van der Waals surface area contributed by atoms with Crippen LogP contribution in [0.3, 0.4) is 0 Å². The molecule has 0 aromatic heterocycles. The molecule has 2 aromatic rings. The summed E-state index contributed by atoms with van der Waals surface area (Å²) in [4.78, 5) is -0.144. The minimum atomic E-state index is -3.87. The molecule has 6 nitrogen and oxygen atoms in total. The van der Waals surface area contributed by atoms with E-state index in [1.165, 1.54) is 29.8 Å². The number of nitrogens with one attached hydrogen (secondary N) is 1. The summed E-state index contributed by atoms with van der Waals surface area (Å²) in [5.41, 5.74) is 2.10. The number of hydrogen-bond acceptors (Lipinski definition) is 4. The topological polar surface area (TPSA) is 106 Å². The van der Waals surface area contributed by atoms with Gasteiger partial charge in [-0.3, -0.25) is 0 Å². The molecule has 0 amide bonds. The van der Waals surface area contributed by atoms with E-state index in [9.17, 15) is 16.8 Å². The Morgan fingerprint density at radius 2 is 1.29 bits per heavy atom. The highest BCUT2D eigenvalue weighted by atomic mass is 32.2. The Balaban J connectivity index is 2.30. The van der Waals surface area contributed by atoms with Crippen LogP contribution < -0.4 is 9.86 Å². The molecule has 0 aliphatic rings. The fourth-order valence-corrected chi connectivity index (χ4v) is 4.79. The van der Waals surface area contributed by atoms with Crippen molar-refractivity contribution < 1.29 is 16.8 Å². The maximum absolute atomic E-state index is 12.8. The van der Waals surface area contributed by atoms with Crippen LogP contribution in [0.1, 0.15) is 57.2 Å². The average Bonchev–Trinajstić information content (AvgIpc) is 2.65. The van der Waals surface area contributed by atoms with Crippen molar-refractivity contribution in [2.24, 2.45) is 11.1 Å². The average molecular weight is 425 g/mol. The second-order valence-corrected chi connectivity index (χ2v) is 10.6. The van der Waals surface area contributed by atoms with Crippen LogP contribution in [0.25, 0.3) is 0 Å². The van der Waals surface area contributed by atoms with Gasteiger partial charge in [0.05, 0.1) is 9.79 Å².